The first kappa shape index (κ1) is 16.4. The summed E-state index contributed by atoms with van der Waals surface area (Å²) in [5.74, 6) is -2.45. The molecule has 0 aliphatic rings. The average molecular weight is 342 g/mol. The number of aromatic amines is 2. The van der Waals surface area contributed by atoms with Crippen LogP contribution in [0.3, 0.4) is 0 Å². The largest absolute Gasteiger partial charge is 0.452 e. The Morgan fingerprint density at radius 2 is 2.04 bits per heavy atom. The van der Waals surface area contributed by atoms with Crippen LogP contribution in [0.1, 0.15) is 10.4 Å². The van der Waals surface area contributed by atoms with Crippen LogP contribution in [0.15, 0.2) is 34.0 Å². The molecule has 1 heterocycles. The second-order valence-corrected chi connectivity index (χ2v) is 4.65. The predicted octanol–water partition coefficient (Wildman–Crippen LogP) is 0.651. The Hall–Kier alpha value is -2.94. The standard InChI is InChI=1S/C13H9ClFN3O5/c14-8-3-6(1-2-9(8)15)17-10(19)5-23-12(21)7-4-16-13(22)18-11(7)20/h1-4H,5H2,(H,17,19)(H2,16,18,20,22). The molecule has 0 aliphatic carbocycles. The molecular formula is C13H9ClFN3O5. The molecule has 10 heteroatoms. The zero-order chi connectivity index (χ0) is 17.0. The van der Waals surface area contributed by atoms with Crippen LogP contribution < -0.4 is 16.6 Å². The smallest absolute Gasteiger partial charge is 0.345 e. The van der Waals surface area contributed by atoms with Gasteiger partial charge in [-0.3, -0.25) is 14.6 Å². The summed E-state index contributed by atoms with van der Waals surface area (Å²) in [6.07, 6.45) is 0.876. The molecule has 120 valence electrons. The van der Waals surface area contributed by atoms with E-state index in [0.29, 0.717) is 0 Å². The number of amides is 1. The van der Waals surface area contributed by atoms with E-state index in [1.807, 2.05) is 4.98 Å². The molecule has 0 saturated heterocycles. The molecule has 0 saturated carbocycles. The normalized spacial score (nSPS) is 10.2. The van der Waals surface area contributed by atoms with Crippen LogP contribution in [-0.4, -0.2) is 28.5 Å². The lowest BCUT2D eigenvalue weighted by molar-refractivity contribution is -0.119. The maximum Gasteiger partial charge on any atom is 0.345 e. The van der Waals surface area contributed by atoms with Crippen molar-refractivity contribution in [3.8, 4) is 0 Å². The van der Waals surface area contributed by atoms with Crippen LogP contribution in [-0.2, 0) is 9.53 Å². The number of carbonyl (C=O) groups is 2. The summed E-state index contributed by atoms with van der Waals surface area (Å²) in [5.41, 5.74) is -1.97. The molecule has 0 fully saturated rings. The summed E-state index contributed by atoms with van der Waals surface area (Å²) in [6.45, 7) is -0.688. The van der Waals surface area contributed by atoms with Gasteiger partial charge in [-0.15, -0.1) is 0 Å². The van der Waals surface area contributed by atoms with Crippen LogP contribution in [0.2, 0.25) is 5.02 Å². The van der Waals surface area contributed by atoms with Gasteiger partial charge in [0.2, 0.25) is 0 Å². The van der Waals surface area contributed by atoms with E-state index in [1.165, 1.54) is 12.1 Å². The van der Waals surface area contributed by atoms with Crippen molar-refractivity contribution in [1.29, 1.82) is 0 Å². The van der Waals surface area contributed by atoms with Gasteiger partial charge in [0.15, 0.2) is 6.61 Å². The molecule has 0 spiro atoms. The fourth-order valence-corrected chi connectivity index (χ4v) is 1.72. The maximum atomic E-state index is 13.0. The van der Waals surface area contributed by atoms with Gasteiger partial charge in [-0.1, -0.05) is 11.6 Å². The molecule has 3 N–H and O–H groups in total. The fourth-order valence-electron chi connectivity index (χ4n) is 1.54. The van der Waals surface area contributed by atoms with E-state index in [9.17, 15) is 23.6 Å². The summed E-state index contributed by atoms with van der Waals surface area (Å²) in [4.78, 5) is 49.4. The second kappa shape index (κ2) is 6.88. The number of anilines is 1. The first-order chi connectivity index (χ1) is 10.9. The van der Waals surface area contributed by atoms with Gasteiger partial charge in [0.25, 0.3) is 11.5 Å². The number of halogens is 2. The van der Waals surface area contributed by atoms with Crippen LogP contribution in [0.25, 0.3) is 0 Å². The number of esters is 1. The third kappa shape index (κ3) is 4.27. The van der Waals surface area contributed by atoms with E-state index in [4.69, 9.17) is 11.6 Å². The molecular weight excluding hydrogens is 333 g/mol. The molecule has 2 rings (SSSR count). The highest BCUT2D eigenvalue weighted by Gasteiger charge is 2.14. The Balaban J connectivity index is 1.95. The summed E-state index contributed by atoms with van der Waals surface area (Å²) in [5, 5.41) is 2.15. The number of aromatic nitrogens is 2. The van der Waals surface area contributed by atoms with Gasteiger partial charge in [0.05, 0.1) is 5.02 Å². The van der Waals surface area contributed by atoms with Gasteiger partial charge in [-0.2, -0.15) is 0 Å². The third-order valence-corrected chi connectivity index (χ3v) is 2.87. The third-order valence-electron chi connectivity index (χ3n) is 2.58. The zero-order valence-corrected chi connectivity index (χ0v) is 12.1. The predicted molar refractivity (Wildman–Crippen MR) is 78.0 cm³/mol. The molecule has 0 radical (unpaired) electrons. The number of benzene rings is 1. The SMILES string of the molecule is O=C(COC(=O)c1c[nH]c(=O)[nH]c1=O)Nc1ccc(F)c(Cl)c1. The Kier molecular flexibility index (Phi) is 4.91. The molecule has 23 heavy (non-hydrogen) atoms. The van der Waals surface area contributed by atoms with Crippen molar-refractivity contribution >= 4 is 29.2 Å². The number of hydrogen-bond acceptors (Lipinski definition) is 5. The molecule has 1 aromatic heterocycles. The number of carbonyl (C=O) groups excluding carboxylic acids is 2. The first-order valence-corrected chi connectivity index (χ1v) is 6.48. The quantitative estimate of drug-likeness (QED) is 0.705. The molecule has 1 aromatic carbocycles. The van der Waals surface area contributed by atoms with Gasteiger partial charge >= 0.3 is 11.7 Å². The monoisotopic (exact) mass is 341 g/mol. The molecule has 0 aliphatic heterocycles. The topological polar surface area (TPSA) is 121 Å². The van der Waals surface area contributed by atoms with E-state index in [0.717, 1.165) is 12.3 Å². The van der Waals surface area contributed by atoms with Crippen LogP contribution in [0.4, 0.5) is 10.1 Å². The molecule has 8 nitrogen and oxygen atoms in total. The summed E-state index contributed by atoms with van der Waals surface area (Å²) in [6, 6.07) is 3.51. The van der Waals surface area contributed by atoms with Crippen molar-refractivity contribution < 1.29 is 18.7 Å². The highest BCUT2D eigenvalue weighted by molar-refractivity contribution is 6.31. The number of hydrogen-bond donors (Lipinski definition) is 3. The first-order valence-electron chi connectivity index (χ1n) is 6.11. The number of ether oxygens (including phenoxy) is 1. The highest BCUT2D eigenvalue weighted by atomic mass is 35.5. The minimum atomic E-state index is -1.09. The lowest BCUT2D eigenvalue weighted by Gasteiger charge is -2.07. The Morgan fingerprint density at radius 3 is 2.70 bits per heavy atom. The number of rotatable bonds is 4. The minimum absolute atomic E-state index is 0.181. The van der Waals surface area contributed by atoms with E-state index in [-0.39, 0.29) is 10.7 Å². The van der Waals surface area contributed by atoms with E-state index >= 15 is 0 Å². The van der Waals surface area contributed by atoms with Crippen molar-refractivity contribution in [2.75, 3.05) is 11.9 Å². The van der Waals surface area contributed by atoms with Crippen molar-refractivity contribution in [2.24, 2.45) is 0 Å². The second-order valence-electron chi connectivity index (χ2n) is 4.24. The summed E-state index contributed by atoms with van der Waals surface area (Å²) < 4.78 is 17.6. The van der Waals surface area contributed by atoms with Crippen molar-refractivity contribution in [2.45, 2.75) is 0 Å². The van der Waals surface area contributed by atoms with Gasteiger partial charge < -0.3 is 15.0 Å². The maximum absolute atomic E-state index is 13.0. The van der Waals surface area contributed by atoms with E-state index in [2.05, 4.69) is 15.0 Å². The number of nitrogens with one attached hydrogen (secondary N) is 3. The lowest BCUT2D eigenvalue weighted by Crippen LogP contribution is -2.29. The summed E-state index contributed by atoms with van der Waals surface area (Å²) >= 11 is 5.56. The Bertz CT molecular complexity index is 876. The number of H-pyrrole nitrogens is 2. The van der Waals surface area contributed by atoms with Gasteiger partial charge in [-0.05, 0) is 18.2 Å². The van der Waals surface area contributed by atoms with Crippen LogP contribution >= 0.6 is 11.6 Å². The average Bonchev–Trinajstić information content (AvgIpc) is 2.48. The molecule has 0 atom stereocenters. The van der Waals surface area contributed by atoms with Gasteiger partial charge in [0, 0.05) is 11.9 Å². The fraction of sp³-hybridized carbons (Fsp3) is 0.0769. The highest BCUT2D eigenvalue weighted by Crippen LogP contribution is 2.19. The van der Waals surface area contributed by atoms with Crippen LogP contribution in [0.5, 0.6) is 0 Å². The van der Waals surface area contributed by atoms with Gasteiger partial charge in [-0.25, -0.2) is 14.0 Å². The van der Waals surface area contributed by atoms with Crippen molar-refractivity contribution in [1.82, 2.24) is 9.97 Å². The molecule has 1 amide bonds. The Labute approximate surface area is 132 Å². The molecule has 0 unspecified atom stereocenters. The summed E-state index contributed by atoms with van der Waals surface area (Å²) in [7, 11) is 0. The molecule has 0 bridgehead atoms. The van der Waals surface area contributed by atoms with Crippen molar-refractivity contribution in [3.05, 3.63) is 61.6 Å². The lowest BCUT2D eigenvalue weighted by atomic mass is 10.3. The van der Waals surface area contributed by atoms with Crippen LogP contribution in [0, 0.1) is 5.82 Å². The minimum Gasteiger partial charge on any atom is -0.452 e. The zero-order valence-electron chi connectivity index (χ0n) is 11.3. The Morgan fingerprint density at radius 1 is 1.30 bits per heavy atom. The van der Waals surface area contributed by atoms with E-state index < -0.39 is 41.1 Å². The van der Waals surface area contributed by atoms with E-state index in [1.54, 1.807) is 0 Å². The molecule has 2 aromatic rings. The van der Waals surface area contributed by atoms with Gasteiger partial charge in [0.1, 0.15) is 11.4 Å². The van der Waals surface area contributed by atoms with Crippen molar-refractivity contribution in [3.63, 3.8) is 0 Å².